The first-order valence-corrected chi connectivity index (χ1v) is 7.14. The lowest BCUT2D eigenvalue weighted by molar-refractivity contribution is 0.593. The van der Waals surface area contributed by atoms with Crippen molar-refractivity contribution in [3.05, 3.63) is 28.7 Å². The van der Waals surface area contributed by atoms with E-state index in [-0.39, 0.29) is 5.56 Å². The predicted molar refractivity (Wildman–Crippen MR) is 78.2 cm³/mol. The van der Waals surface area contributed by atoms with E-state index < -0.39 is 0 Å². The lowest BCUT2D eigenvalue weighted by Crippen LogP contribution is -2.20. The van der Waals surface area contributed by atoms with Crippen molar-refractivity contribution in [2.45, 2.75) is 65.5 Å². The molecular formula is C15H26N2O. The summed E-state index contributed by atoms with van der Waals surface area (Å²) in [5, 5.41) is 3.46. The molecule has 1 rings (SSSR count). The fraction of sp³-hybridized carbons (Fsp3) is 0.667. The van der Waals surface area contributed by atoms with Crippen molar-refractivity contribution in [3.8, 4) is 0 Å². The maximum atomic E-state index is 11.5. The molecule has 1 atom stereocenters. The maximum Gasteiger partial charge on any atom is 0.250 e. The average Bonchev–Trinajstić information content (AvgIpc) is 2.37. The molecule has 0 aliphatic carbocycles. The Hall–Kier alpha value is -1.25. The van der Waals surface area contributed by atoms with Crippen molar-refractivity contribution < 1.29 is 0 Å². The summed E-state index contributed by atoms with van der Waals surface area (Å²) in [6.45, 7) is 7.14. The van der Waals surface area contributed by atoms with Crippen LogP contribution in [0.25, 0.3) is 0 Å². The van der Waals surface area contributed by atoms with E-state index in [4.69, 9.17) is 0 Å². The van der Waals surface area contributed by atoms with Gasteiger partial charge in [-0.15, -0.1) is 0 Å². The van der Waals surface area contributed by atoms with Gasteiger partial charge in [-0.05, 0) is 26.3 Å². The van der Waals surface area contributed by atoms with Crippen molar-refractivity contribution in [2.24, 2.45) is 0 Å². The van der Waals surface area contributed by atoms with Crippen LogP contribution < -0.4 is 10.9 Å². The third-order valence-electron chi connectivity index (χ3n) is 3.23. The largest absolute Gasteiger partial charge is 0.381 e. The Kier molecular flexibility index (Phi) is 6.55. The van der Waals surface area contributed by atoms with Gasteiger partial charge in [0.15, 0.2) is 0 Å². The van der Waals surface area contributed by atoms with Crippen LogP contribution in [0.3, 0.4) is 0 Å². The highest BCUT2D eigenvalue weighted by molar-refractivity contribution is 5.41. The molecule has 1 aromatic heterocycles. The Morgan fingerprint density at radius 2 is 2.00 bits per heavy atom. The number of pyridine rings is 1. The third-order valence-corrected chi connectivity index (χ3v) is 3.23. The van der Waals surface area contributed by atoms with Gasteiger partial charge < -0.3 is 9.88 Å². The Morgan fingerprint density at radius 1 is 1.22 bits per heavy atom. The van der Waals surface area contributed by atoms with Gasteiger partial charge in [-0.3, -0.25) is 4.79 Å². The molecule has 0 aliphatic heterocycles. The maximum absolute atomic E-state index is 11.5. The summed E-state index contributed by atoms with van der Waals surface area (Å²) in [7, 11) is 0. The summed E-state index contributed by atoms with van der Waals surface area (Å²) >= 11 is 0. The van der Waals surface area contributed by atoms with Gasteiger partial charge in [0.25, 0.3) is 5.56 Å². The molecule has 1 unspecified atom stereocenters. The number of rotatable bonds is 8. The van der Waals surface area contributed by atoms with E-state index >= 15 is 0 Å². The molecule has 0 saturated carbocycles. The zero-order chi connectivity index (χ0) is 13.4. The molecule has 0 saturated heterocycles. The highest BCUT2D eigenvalue weighted by atomic mass is 16.1. The fourth-order valence-corrected chi connectivity index (χ4v) is 2.10. The zero-order valence-corrected chi connectivity index (χ0v) is 11.9. The van der Waals surface area contributed by atoms with Gasteiger partial charge in [0.2, 0.25) is 0 Å². The summed E-state index contributed by atoms with van der Waals surface area (Å²) < 4.78 is 1.73. The number of hydrogen-bond acceptors (Lipinski definition) is 2. The molecule has 0 aromatic carbocycles. The van der Waals surface area contributed by atoms with Crippen LogP contribution in [0.1, 0.15) is 52.9 Å². The molecule has 3 nitrogen and oxygen atoms in total. The predicted octanol–water partition coefficient (Wildman–Crippen LogP) is 3.64. The standard InChI is InChI=1S/C15H26N2O/c1-4-6-7-8-9-13(3)16-14-10-11-15(18)17(5-2)12-14/h10-13,16H,4-9H2,1-3H3. The second-order valence-electron chi connectivity index (χ2n) is 4.94. The Bertz CT molecular complexity index is 398. The average molecular weight is 250 g/mol. The molecule has 0 fully saturated rings. The third kappa shape index (κ3) is 4.94. The topological polar surface area (TPSA) is 34.0 Å². The van der Waals surface area contributed by atoms with E-state index in [2.05, 4.69) is 19.2 Å². The van der Waals surface area contributed by atoms with Crippen LogP contribution in [-0.4, -0.2) is 10.6 Å². The summed E-state index contributed by atoms with van der Waals surface area (Å²) in [5.74, 6) is 0. The van der Waals surface area contributed by atoms with Crippen LogP contribution in [0, 0.1) is 0 Å². The smallest absolute Gasteiger partial charge is 0.250 e. The monoisotopic (exact) mass is 250 g/mol. The van der Waals surface area contributed by atoms with Crippen LogP contribution in [-0.2, 0) is 6.54 Å². The Labute approximate surface area is 110 Å². The van der Waals surface area contributed by atoms with Gasteiger partial charge >= 0.3 is 0 Å². The SMILES string of the molecule is CCCCCCC(C)Nc1ccc(=O)n(CC)c1. The number of nitrogens with zero attached hydrogens (tertiary/aromatic N) is 1. The molecule has 3 heteroatoms. The summed E-state index contributed by atoms with van der Waals surface area (Å²) in [5.41, 5.74) is 1.11. The van der Waals surface area contributed by atoms with Crippen LogP contribution in [0.2, 0.25) is 0 Å². The highest BCUT2D eigenvalue weighted by Crippen LogP contribution is 2.11. The van der Waals surface area contributed by atoms with Crippen LogP contribution in [0.15, 0.2) is 23.1 Å². The van der Waals surface area contributed by atoms with E-state index in [0.29, 0.717) is 6.04 Å². The van der Waals surface area contributed by atoms with Crippen molar-refractivity contribution >= 4 is 5.69 Å². The normalized spacial score (nSPS) is 12.4. The highest BCUT2D eigenvalue weighted by Gasteiger charge is 2.03. The molecular weight excluding hydrogens is 224 g/mol. The molecule has 0 aliphatic rings. The zero-order valence-electron chi connectivity index (χ0n) is 11.9. The minimum absolute atomic E-state index is 0.0682. The van der Waals surface area contributed by atoms with E-state index in [0.717, 1.165) is 12.2 Å². The molecule has 0 bridgehead atoms. The van der Waals surface area contributed by atoms with Crippen LogP contribution in [0.5, 0.6) is 0 Å². The second kappa shape index (κ2) is 7.96. The Morgan fingerprint density at radius 3 is 2.67 bits per heavy atom. The lowest BCUT2D eigenvalue weighted by Gasteiger charge is -2.16. The van der Waals surface area contributed by atoms with Gasteiger partial charge in [0.1, 0.15) is 0 Å². The van der Waals surface area contributed by atoms with Crippen molar-refractivity contribution in [2.75, 3.05) is 5.32 Å². The molecule has 0 amide bonds. The lowest BCUT2D eigenvalue weighted by atomic mass is 10.1. The fourth-order valence-electron chi connectivity index (χ4n) is 2.10. The first-order valence-electron chi connectivity index (χ1n) is 7.14. The van der Waals surface area contributed by atoms with E-state index in [1.165, 1.54) is 32.1 Å². The van der Waals surface area contributed by atoms with Gasteiger partial charge in [-0.1, -0.05) is 32.6 Å². The van der Waals surface area contributed by atoms with Gasteiger partial charge in [-0.2, -0.15) is 0 Å². The second-order valence-corrected chi connectivity index (χ2v) is 4.94. The number of anilines is 1. The first-order chi connectivity index (χ1) is 8.67. The van der Waals surface area contributed by atoms with Crippen LogP contribution in [0.4, 0.5) is 5.69 Å². The molecule has 1 heterocycles. The van der Waals surface area contributed by atoms with Crippen molar-refractivity contribution in [1.82, 2.24) is 4.57 Å². The first kappa shape index (κ1) is 14.8. The number of nitrogens with one attached hydrogen (secondary N) is 1. The van der Waals surface area contributed by atoms with Crippen molar-refractivity contribution in [1.29, 1.82) is 0 Å². The minimum Gasteiger partial charge on any atom is -0.381 e. The molecule has 1 aromatic rings. The van der Waals surface area contributed by atoms with Crippen LogP contribution >= 0.6 is 0 Å². The summed E-state index contributed by atoms with van der Waals surface area (Å²) in [6.07, 6.45) is 8.29. The molecule has 0 spiro atoms. The molecule has 102 valence electrons. The number of aryl methyl sites for hydroxylation is 1. The van der Waals surface area contributed by atoms with E-state index in [9.17, 15) is 4.79 Å². The summed E-state index contributed by atoms with van der Waals surface area (Å²) in [4.78, 5) is 11.5. The Balaban J connectivity index is 2.44. The minimum atomic E-state index is 0.0682. The van der Waals surface area contributed by atoms with Gasteiger partial charge in [0.05, 0.1) is 5.69 Å². The number of unbranched alkanes of at least 4 members (excludes halogenated alkanes) is 3. The summed E-state index contributed by atoms with van der Waals surface area (Å²) in [6, 6.07) is 3.97. The van der Waals surface area contributed by atoms with E-state index in [1.54, 1.807) is 10.6 Å². The van der Waals surface area contributed by atoms with E-state index in [1.807, 2.05) is 19.2 Å². The van der Waals surface area contributed by atoms with Gasteiger partial charge in [0, 0.05) is 24.8 Å². The quantitative estimate of drug-likeness (QED) is 0.715. The molecule has 18 heavy (non-hydrogen) atoms. The van der Waals surface area contributed by atoms with Gasteiger partial charge in [-0.25, -0.2) is 0 Å². The number of aromatic nitrogens is 1. The molecule has 1 N–H and O–H groups in total. The van der Waals surface area contributed by atoms with Crippen molar-refractivity contribution in [3.63, 3.8) is 0 Å². The molecule has 0 radical (unpaired) electrons. The number of hydrogen-bond donors (Lipinski definition) is 1.